The molecule has 7 nitrogen and oxygen atoms in total. The standard InChI is InChI=1S/C26H30N4O3/c1-17-11-24(28-13-19(17)12-27)30-10-7-26(16-30)5-8-29(9-6-26)14-23(31)20-3-4-21-22(18(20)2)15-33-25(21)32/h3-4,11,13,23,31H,5-10,14-16H2,1-2H3. The Morgan fingerprint density at radius 3 is 2.73 bits per heavy atom. The average molecular weight is 447 g/mol. The van der Waals surface area contributed by atoms with Crippen molar-refractivity contribution in [2.45, 2.75) is 45.8 Å². The van der Waals surface area contributed by atoms with E-state index in [1.807, 2.05) is 26.0 Å². The van der Waals surface area contributed by atoms with Crippen LogP contribution in [0.1, 0.15) is 63.5 Å². The van der Waals surface area contributed by atoms with Gasteiger partial charge in [0.15, 0.2) is 0 Å². The number of carbonyl (C=O) groups is 1. The van der Waals surface area contributed by atoms with Crippen LogP contribution in [0, 0.1) is 30.6 Å². The minimum atomic E-state index is -0.578. The van der Waals surface area contributed by atoms with Gasteiger partial charge in [0.2, 0.25) is 0 Å². The third kappa shape index (κ3) is 3.98. The number of β-amino-alcohol motifs (C(OH)–C–C–N with tert-alkyl or cyclic N) is 1. The molecule has 2 saturated heterocycles. The van der Waals surface area contributed by atoms with Gasteiger partial charge >= 0.3 is 5.97 Å². The van der Waals surface area contributed by atoms with Gasteiger partial charge in [0.05, 0.1) is 17.2 Å². The third-order valence-electron chi connectivity index (χ3n) is 7.89. The number of hydrogen-bond acceptors (Lipinski definition) is 7. The van der Waals surface area contributed by atoms with Gasteiger partial charge in [-0.25, -0.2) is 9.78 Å². The molecule has 4 heterocycles. The zero-order chi connectivity index (χ0) is 23.2. The van der Waals surface area contributed by atoms with Crippen molar-refractivity contribution in [1.29, 1.82) is 5.26 Å². The number of fused-ring (bicyclic) bond motifs is 1. The van der Waals surface area contributed by atoms with Gasteiger partial charge in [0.1, 0.15) is 18.5 Å². The molecule has 0 bridgehead atoms. The first-order valence-electron chi connectivity index (χ1n) is 11.7. The van der Waals surface area contributed by atoms with Crippen LogP contribution in [0.15, 0.2) is 24.4 Å². The number of piperidine rings is 1. The first kappa shape index (κ1) is 21.9. The maximum atomic E-state index is 11.8. The van der Waals surface area contributed by atoms with Gasteiger partial charge in [0.25, 0.3) is 0 Å². The van der Waals surface area contributed by atoms with Crippen molar-refractivity contribution in [3.05, 3.63) is 57.8 Å². The first-order chi connectivity index (χ1) is 15.9. The van der Waals surface area contributed by atoms with Crippen molar-refractivity contribution < 1.29 is 14.6 Å². The van der Waals surface area contributed by atoms with E-state index in [-0.39, 0.29) is 5.97 Å². The van der Waals surface area contributed by atoms with E-state index in [0.717, 1.165) is 73.5 Å². The number of nitrogens with zero attached hydrogens (tertiary/aromatic N) is 4. The molecule has 1 unspecified atom stereocenters. The second-order valence-electron chi connectivity index (χ2n) is 9.84. The van der Waals surface area contributed by atoms with Crippen LogP contribution in [0.2, 0.25) is 0 Å². The number of benzene rings is 1. The molecule has 1 aromatic heterocycles. The number of carbonyl (C=O) groups excluding carboxylic acids is 1. The summed E-state index contributed by atoms with van der Waals surface area (Å²) in [5.74, 6) is 0.697. The number of pyridine rings is 1. The van der Waals surface area contributed by atoms with Gasteiger partial charge in [-0.2, -0.15) is 5.26 Å². The van der Waals surface area contributed by atoms with Crippen molar-refractivity contribution in [1.82, 2.24) is 9.88 Å². The lowest BCUT2D eigenvalue weighted by molar-refractivity contribution is 0.0534. The number of esters is 1. The van der Waals surface area contributed by atoms with Crippen molar-refractivity contribution in [3.8, 4) is 6.07 Å². The largest absolute Gasteiger partial charge is 0.457 e. The number of aliphatic hydroxyl groups is 1. The molecule has 1 aromatic carbocycles. The average Bonchev–Trinajstić information content (AvgIpc) is 3.40. The maximum absolute atomic E-state index is 11.8. The molecule has 0 aliphatic carbocycles. The molecule has 5 rings (SSSR count). The predicted molar refractivity (Wildman–Crippen MR) is 124 cm³/mol. The zero-order valence-corrected chi connectivity index (χ0v) is 19.3. The van der Waals surface area contributed by atoms with Crippen LogP contribution in [-0.2, 0) is 11.3 Å². The van der Waals surface area contributed by atoms with Gasteiger partial charge in [-0.05, 0) is 80.4 Å². The molecule has 2 fully saturated rings. The van der Waals surface area contributed by atoms with E-state index in [9.17, 15) is 9.90 Å². The van der Waals surface area contributed by atoms with E-state index in [0.29, 0.717) is 29.7 Å². The number of rotatable bonds is 4. The lowest BCUT2D eigenvalue weighted by Crippen LogP contribution is -2.43. The minimum absolute atomic E-state index is 0.271. The zero-order valence-electron chi connectivity index (χ0n) is 19.3. The Balaban J connectivity index is 1.19. The lowest BCUT2D eigenvalue weighted by Gasteiger charge is -2.40. The predicted octanol–water partition coefficient (Wildman–Crippen LogP) is 3.27. The van der Waals surface area contributed by atoms with Gasteiger partial charge in [-0.3, -0.25) is 0 Å². The van der Waals surface area contributed by atoms with Crippen LogP contribution in [-0.4, -0.2) is 53.7 Å². The van der Waals surface area contributed by atoms with Gasteiger partial charge < -0.3 is 19.6 Å². The molecular formula is C26H30N4O3. The summed E-state index contributed by atoms with van der Waals surface area (Å²) in [5.41, 5.74) is 5.31. The highest BCUT2D eigenvalue weighted by atomic mass is 16.5. The second-order valence-corrected chi connectivity index (χ2v) is 9.84. The number of hydrogen-bond donors (Lipinski definition) is 1. The molecule has 3 aliphatic heterocycles. The topological polar surface area (TPSA) is 89.7 Å². The molecule has 0 radical (unpaired) electrons. The molecule has 1 atom stereocenters. The third-order valence-corrected chi connectivity index (χ3v) is 7.89. The number of anilines is 1. The smallest absolute Gasteiger partial charge is 0.338 e. The van der Waals surface area contributed by atoms with Crippen LogP contribution in [0.3, 0.4) is 0 Å². The molecule has 3 aliphatic rings. The van der Waals surface area contributed by atoms with E-state index in [1.165, 1.54) is 0 Å². The summed E-state index contributed by atoms with van der Waals surface area (Å²) in [6, 6.07) is 7.88. The van der Waals surface area contributed by atoms with E-state index in [2.05, 4.69) is 20.9 Å². The Hall–Kier alpha value is -2.95. The molecule has 0 amide bonds. The number of aryl methyl sites for hydroxylation is 1. The van der Waals surface area contributed by atoms with Crippen molar-refractivity contribution in [3.63, 3.8) is 0 Å². The molecule has 1 spiro atoms. The monoisotopic (exact) mass is 446 g/mol. The molecular weight excluding hydrogens is 416 g/mol. The molecule has 0 saturated carbocycles. The fourth-order valence-electron chi connectivity index (χ4n) is 5.65. The van der Waals surface area contributed by atoms with Crippen molar-refractivity contribution in [2.75, 3.05) is 37.6 Å². The fourth-order valence-corrected chi connectivity index (χ4v) is 5.65. The molecule has 1 N–H and O–H groups in total. The van der Waals surface area contributed by atoms with Gasteiger partial charge in [0, 0.05) is 31.4 Å². The SMILES string of the molecule is Cc1cc(N2CCC3(CCN(CC(O)c4ccc5c(c4C)COC5=O)CC3)C2)ncc1C#N. The summed E-state index contributed by atoms with van der Waals surface area (Å²) < 4.78 is 5.15. The molecule has 2 aromatic rings. The van der Waals surface area contributed by atoms with E-state index in [1.54, 1.807) is 12.3 Å². The van der Waals surface area contributed by atoms with Crippen LogP contribution in [0.5, 0.6) is 0 Å². The van der Waals surface area contributed by atoms with Crippen molar-refractivity contribution >= 4 is 11.8 Å². The highest BCUT2D eigenvalue weighted by Crippen LogP contribution is 2.42. The number of aliphatic hydroxyl groups excluding tert-OH is 1. The molecule has 7 heteroatoms. The fraction of sp³-hybridized carbons (Fsp3) is 0.500. The van der Waals surface area contributed by atoms with Crippen LogP contribution < -0.4 is 4.90 Å². The summed E-state index contributed by atoms with van der Waals surface area (Å²) in [5, 5.41) is 20.1. The maximum Gasteiger partial charge on any atom is 0.338 e. The first-order valence-corrected chi connectivity index (χ1v) is 11.7. The van der Waals surface area contributed by atoms with E-state index < -0.39 is 6.10 Å². The molecule has 33 heavy (non-hydrogen) atoms. The van der Waals surface area contributed by atoms with Gasteiger partial charge in [-0.1, -0.05) is 6.07 Å². The Morgan fingerprint density at radius 1 is 1.24 bits per heavy atom. The Morgan fingerprint density at radius 2 is 2.00 bits per heavy atom. The minimum Gasteiger partial charge on any atom is -0.457 e. The van der Waals surface area contributed by atoms with E-state index in [4.69, 9.17) is 10.00 Å². The highest BCUT2D eigenvalue weighted by Gasteiger charge is 2.41. The second kappa shape index (κ2) is 8.44. The number of aromatic nitrogens is 1. The summed E-state index contributed by atoms with van der Waals surface area (Å²) in [6.07, 6.45) is 4.48. The summed E-state index contributed by atoms with van der Waals surface area (Å²) in [6.45, 7) is 8.77. The van der Waals surface area contributed by atoms with Crippen LogP contribution >= 0.6 is 0 Å². The van der Waals surface area contributed by atoms with Crippen molar-refractivity contribution in [2.24, 2.45) is 5.41 Å². The Bertz CT molecular complexity index is 1130. The normalized spacial score (nSPS) is 20.5. The lowest BCUT2D eigenvalue weighted by atomic mass is 9.77. The van der Waals surface area contributed by atoms with Crippen LogP contribution in [0.4, 0.5) is 5.82 Å². The Labute approximate surface area is 194 Å². The summed E-state index contributed by atoms with van der Waals surface area (Å²) in [4.78, 5) is 21.0. The van der Waals surface area contributed by atoms with Gasteiger partial charge in [-0.15, -0.1) is 0 Å². The summed E-state index contributed by atoms with van der Waals surface area (Å²) in [7, 11) is 0. The summed E-state index contributed by atoms with van der Waals surface area (Å²) >= 11 is 0. The number of nitriles is 1. The highest BCUT2D eigenvalue weighted by molar-refractivity contribution is 5.93. The number of ether oxygens (including phenoxy) is 1. The molecule has 172 valence electrons. The quantitative estimate of drug-likeness (QED) is 0.721. The van der Waals surface area contributed by atoms with E-state index >= 15 is 0 Å². The number of likely N-dealkylation sites (tertiary alicyclic amines) is 1. The Kier molecular flexibility index (Phi) is 5.59. The van der Waals surface area contributed by atoms with Crippen LogP contribution in [0.25, 0.3) is 0 Å². The number of cyclic esters (lactones) is 1.